The number of aliphatic hydroxyl groups excluding tert-OH is 1. The summed E-state index contributed by atoms with van der Waals surface area (Å²) in [4.78, 5) is 6.93. The molecule has 0 spiro atoms. The molecule has 0 radical (unpaired) electrons. The van der Waals surface area contributed by atoms with E-state index in [9.17, 15) is 8.42 Å². The van der Waals surface area contributed by atoms with E-state index in [4.69, 9.17) is 9.84 Å². The van der Waals surface area contributed by atoms with Crippen molar-refractivity contribution in [3.8, 4) is 5.75 Å². The molecule has 1 heterocycles. The number of ether oxygens (including phenoxy) is 1. The second kappa shape index (κ2) is 6.70. The summed E-state index contributed by atoms with van der Waals surface area (Å²) in [7, 11) is -2.32. The first-order valence-corrected chi connectivity index (χ1v) is 7.81. The van der Waals surface area contributed by atoms with Gasteiger partial charge in [0.15, 0.2) is 0 Å². The highest BCUT2D eigenvalue weighted by Gasteiger charge is 2.19. The molecule has 0 aliphatic carbocycles. The molecule has 0 unspecified atom stereocenters. The Kier molecular flexibility index (Phi) is 4.94. The lowest BCUT2D eigenvalue weighted by molar-refractivity contribution is 0.281. The average Bonchev–Trinajstić information content (AvgIpc) is 2.99. The Morgan fingerprint density at radius 1 is 1.43 bits per heavy atom. The van der Waals surface area contributed by atoms with E-state index in [1.165, 1.54) is 19.2 Å². The number of methoxy groups -OCH3 is 1. The summed E-state index contributed by atoms with van der Waals surface area (Å²) in [6.45, 7) is -0.0265. The van der Waals surface area contributed by atoms with Crippen molar-refractivity contribution in [2.45, 2.75) is 17.9 Å². The summed E-state index contributed by atoms with van der Waals surface area (Å²) in [5.41, 5.74) is 0.502. The summed E-state index contributed by atoms with van der Waals surface area (Å²) in [6, 6.07) is 4.53. The van der Waals surface area contributed by atoms with Crippen LogP contribution in [0.4, 0.5) is 0 Å². The minimum atomic E-state index is -3.72. The van der Waals surface area contributed by atoms with Gasteiger partial charge in [0, 0.05) is 25.4 Å². The largest absolute Gasteiger partial charge is 0.495 e. The number of imidazole rings is 1. The molecule has 1 aromatic carbocycles. The fourth-order valence-electron chi connectivity index (χ4n) is 1.85. The summed E-state index contributed by atoms with van der Waals surface area (Å²) in [6.07, 6.45) is 3.74. The van der Waals surface area contributed by atoms with Gasteiger partial charge in [0.05, 0.1) is 13.7 Å². The normalized spacial score (nSPS) is 11.5. The van der Waals surface area contributed by atoms with Gasteiger partial charge in [-0.2, -0.15) is 0 Å². The van der Waals surface area contributed by atoms with Gasteiger partial charge in [0.2, 0.25) is 10.0 Å². The number of hydrogen-bond acceptors (Lipinski definition) is 5. The van der Waals surface area contributed by atoms with E-state index in [0.29, 0.717) is 17.8 Å². The van der Waals surface area contributed by atoms with Crippen molar-refractivity contribution >= 4 is 10.0 Å². The monoisotopic (exact) mass is 311 g/mol. The maximum absolute atomic E-state index is 12.3. The van der Waals surface area contributed by atoms with Gasteiger partial charge in [-0.1, -0.05) is 6.07 Å². The first-order chi connectivity index (χ1) is 10.1. The fourth-order valence-corrected chi connectivity index (χ4v) is 3.09. The highest BCUT2D eigenvalue weighted by atomic mass is 32.2. The van der Waals surface area contributed by atoms with Crippen molar-refractivity contribution in [1.29, 1.82) is 0 Å². The number of hydrogen-bond donors (Lipinski definition) is 3. The van der Waals surface area contributed by atoms with E-state index >= 15 is 0 Å². The Balaban J connectivity index is 2.14. The van der Waals surface area contributed by atoms with Gasteiger partial charge in [-0.25, -0.2) is 18.1 Å². The molecule has 0 fully saturated rings. The maximum Gasteiger partial charge on any atom is 0.244 e. The predicted octanol–water partition coefficient (Wildman–Crippen LogP) is 0.432. The van der Waals surface area contributed by atoms with Gasteiger partial charge in [-0.15, -0.1) is 0 Å². The molecular formula is C13H17N3O4S. The van der Waals surface area contributed by atoms with Crippen LogP contribution in [0.5, 0.6) is 5.75 Å². The number of H-pyrrole nitrogens is 1. The zero-order valence-electron chi connectivity index (χ0n) is 11.5. The topological polar surface area (TPSA) is 104 Å². The summed E-state index contributed by atoms with van der Waals surface area (Å²) in [5, 5.41) is 9.12. The van der Waals surface area contributed by atoms with Gasteiger partial charge in [-0.3, -0.25) is 0 Å². The van der Waals surface area contributed by atoms with Crippen molar-refractivity contribution in [1.82, 2.24) is 14.7 Å². The molecule has 1 aromatic heterocycles. The number of aliphatic hydroxyl groups is 1. The number of nitrogens with one attached hydrogen (secondary N) is 2. The molecule has 0 amide bonds. The molecule has 0 aliphatic heterocycles. The molecule has 0 aliphatic rings. The van der Waals surface area contributed by atoms with Crippen LogP contribution < -0.4 is 9.46 Å². The Morgan fingerprint density at radius 2 is 2.24 bits per heavy atom. The molecule has 8 heteroatoms. The van der Waals surface area contributed by atoms with E-state index in [2.05, 4.69) is 14.7 Å². The lowest BCUT2D eigenvalue weighted by Gasteiger charge is -2.11. The third-order valence-corrected chi connectivity index (χ3v) is 4.39. The lowest BCUT2D eigenvalue weighted by Crippen LogP contribution is -2.26. The molecule has 0 saturated heterocycles. The molecule has 0 bridgehead atoms. The van der Waals surface area contributed by atoms with Gasteiger partial charge in [0.25, 0.3) is 0 Å². The Morgan fingerprint density at radius 3 is 2.86 bits per heavy atom. The smallest absolute Gasteiger partial charge is 0.244 e. The van der Waals surface area contributed by atoms with E-state index in [0.717, 1.165) is 0 Å². The molecule has 3 N–H and O–H groups in total. The number of aromatic nitrogens is 2. The Hall–Kier alpha value is -1.90. The van der Waals surface area contributed by atoms with E-state index in [1.54, 1.807) is 18.5 Å². The van der Waals surface area contributed by atoms with Crippen LogP contribution in [0.25, 0.3) is 0 Å². The van der Waals surface area contributed by atoms with Crippen molar-refractivity contribution in [3.63, 3.8) is 0 Å². The van der Waals surface area contributed by atoms with Crippen LogP contribution in [-0.2, 0) is 23.1 Å². The zero-order chi connectivity index (χ0) is 15.3. The van der Waals surface area contributed by atoms with Gasteiger partial charge >= 0.3 is 0 Å². The van der Waals surface area contributed by atoms with Crippen molar-refractivity contribution in [2.24, 2.45) is 0 Å². The second-order valence-corrected chi connectivity index (χ2v) is 6.06. The van der Waals surface area contributed by atoms with Crippen molar-refractivity contribution in [3.05, 3.63) is 42.0 Å². The molecule has 21 heavy (non-hydrogen) atoms. The SMILES string of the molecule is COc1ccc(CO)cc1S(=O)(=O)NCCc1ncc[nH]1. The van der Waals surface area contributed by atoms with Gasteiger partial charge in [0.1, 0.15) is 16.5 Å². The number of rotatable bonds is 7. The molecule has 114 valence electrons. The van der Waals surface area contributed by atoms with Crippen LogP contribution in [-0.4, -0.2) is 37.1 Å². The number of sulfonamides is 1. The Labute approximate surface area is 123 Å². The maximum atomic E-state index is 12.3. The standard InChI is InChI=1S/C13H17N3O4S/c1-20-11-3-2-10(9-17)8-12(11)21(18,19)16-5-4-13-14-6-7-15-13/h2-3,6-8,16-17H,4-5,9H2,1H3,(H,14,15). The van der Waals surface area contributed by atoms with E-state index in [1.807, 2.05) is 0 Å². The number of benzene rings is 1. The fraction of sp³-hybridized carbons (Fsp3) is 0.308. The first-order valence-electron chi connectivity index (χ1n) is 6.32. The third kappa shape index (κ3) is 3.81. The van der Waals surface area contributed by atoms with Crippen LogP contribution in [0.3, 0.4) is 0 Å². The molecular weight excluding hydrogens is 294 g/mol. The van der Waals surface area contributed by atoms with Gasteiger partial charge < -0.3 is 14.8 Å². The highest BCUT2D eigenvalue weighted by Crippen LogP contribution is 2.24. The molecule has 0 atom stereocenters. The minimum absolute atomic E-state index is 0.0102. The summed E-state index contributed by atoms with van der Waals surface area (Å²) in [5.74, 6) is 0.937. The van der Waals surface area contributed by atoms with Gasteiger partial charge in [-0.05, 0) is 17.7 Å². The number of aromatic amines is 1. The van der Waals surface area contributed by atoms with E-state index < -0.39 is 10.0 Å². The summed E-state index contributed by atoms with van der Waals surface area (Å²) < 4.78 is 32.2. The highest BCUT2D eigenvalue weighted by molar-refractivity contribution is 7.89. The summed E-state index contributed by atoms with van der Waals surface area (Å²) >= 11 is 0. The molecule has 2 aromatic rings. The molecule has 2 rings (SSSR count). The lowest BCUT2D eigenvalue weighted by atomic mass is 10.2. The minimum Gasteiger partial charge on any atom is -0.495 e. The van der Waals surface area contributed by atoms with E-state index in [-0.39, 0.29) is 23.8 Å². The molecule has 0 saturated carbocycles. The second-order valence-electron chi connectivity index (χ2n) is 4.33. The predicted molar refractivity (Wildman–Crippen MR) is 76.4 cm³/mol. The first kappa shape index (κ1) is 15.5. The van der Waals surface area contributed by atoms with Crippen molar-refractivity contribution in [2.75, 3.05) is 13.7 Å². The molecule has 7 nitrogen and oxygen atoms in total. The zero-order valence-corrected chi connectivity index (χ0v) is 12.4. The van der Waals surface area contributed by atoms with Crippen LogP contribution in [0.1, 0.15) is 11.4 Å². The quantitative estimate of drug-likeness (QED) is 0.688. The third-order valence-electron chi connectivity index (χ3n) is 2.91. The number of nitrogens with zero attached hydrogens (tertiary/aromatic N) is 1. The van der Waals surface area contributed by atoms with Crippen LogP contribution >= 0.6 is 0 Å². The van der Waals surface area contributed by atoms with Crippen LogP contribution in [0.2, 0.25) is 0 Å². The van der Waals surface area contributed by atoms with Crippen molar-refractivity contribution < 1.29 is 18.3 Å². The average molecular weight is 311 g/mol. The van der Waals surface area contributed by atoms with Crippen LogP contribution in [0.15, 0.2) is 35.5 Å². The Bertz CT molecular complexity index is 683. The van der Waals surface area contributed by atoms with Crippen LogP contribution in [0, 0.1) is 0 Å².